The van der Waals surface area contributed by atoms with E-state index >= 15 is 0 Å². The molecule has 0 atom stereocenters. The number of hydrogen-bond acceptors (Lipinski definition) is 5. The SMILES string of the molecule is CSc1ccc(N(C)C(=O)c2cn(C(=O)c3ccccc3)c(=O)n2C(=O)c2ccccc2)cc1. The van der Waals surface area contributed by atoms with E-state index in [1.165, 1.54) is 4.90 Å². The van der Waals surface area contributed by atoms with Gasteiger partial charge in [0.25, 0.3) is 17.7 Å². The van der Waals surface area contributed by atoms with Crippen molar-refractivity contribution in [2.45, 2.75) is 4.90 Å². The fourth-order valence-corrected chi connectivity index (χ4v) is 3.87. The van der Waals surface area contributed by atoms with E-state index in [2.05, 4.69) is 0 Å². The fraction of sp³-hybridized carbons (Fsp3) is 0.0769. The molecule has 7 nitrogen and oxygen atoms in total. The van der Waals surface area contributed by atoms with Crippen LogP contribution in [0.15, 0.2) is 101 Å². The zero-order valence-electron chi connectivity index (χ0n) is 18.5. The topological polar surface area (TPSA) is 81.4 Å². The largest absolute Gasteiger partial charge is 0.343 e. The van der Waals surface area contributed by atoms with Crippen LogP contribution in [0, 0.1) is 0 Å². The average molecular weight is 472 g/mol. The molecule has 0 fully saturated rings. The van der Waals surface area contributed by atoms with Crippen LogP contribution in [0.3, 0.4) is 0 Å². The third-order valence-electron chi connectivity index (χ3n) is 5.34. The summed E-state index contributed by atoms with van der Waals surface area (Å²) in [7, 11) is 1.55. The molecule has 0 radical (unpaired) electrons. The minimum absolute atomic E-state index is 0.209. The van der Waals surface area contributed by atoms with Crippen molar-refractivity contribution < 1.29 is 14.4 Å². The van der Waals surface area contributed by atoms with E-state index < -0.39 is 23.4 Å². The maximum Gasteiger partial charge on any atom is 0.343 e. The van der Waals surface area contributed by atoms with Gasteiger partial charge in [-0.15, -0.1) is 11.8 Å². The van der Waals surface area contributed by atoms with Crippen LogP contribution in [0.4, 0.5) is 5.69 Å². The smallest absolute Gasteiger partial charge is 0.310 e. The summed E-state index contributed by atoms with van der Waals surface area (Å²) < 4.78 is 1.55. The molecule has 3 aromatic carbocycles. The summed E-state index contributed by atoms with van der Waals surface area (Å²) in [4.78, 5) is 55.4. The molecule has 170 valence electrons. The van der Waals surface area contributed by atoms with Gasteiger partial charge in [-0.25, -0.2) is 13.9 Å². The summed E-state index contributed by atoms with van der Waals surface area (Å²) in [5.41, 5.74) is -0.0580. The lowest BCUT2D eigenvalue weighted by Gasteiger charge is -2.18. The van der Waals surface area contributed by atoms with Crippen LogP contribution in [0.2, 0.25) is 0 Å². The molecule has 4 aromatic rings. The van der Waals surface area contributed by atoms with Gasteiger partial charge in [-0.2, -0.15) is 0 Å². The molecule has 0 saturated heterocycles. The maximum absolute atomic E-state index is 13.5. The molecular formula is C26H21N3O4S. The second-order valence-electron chi connectivity index (χ2n) is 7.41. The van der Waals surface area contributed by atoms with E-state index in [9.17, 15) is 19.2 Å². The number of anilines is 1. The summed E-state index contributed by atoms with van der Waals surface area (Å²) in [5.74, 6) is -1.93. The first kappa shape index (κ1) is 23.0. The zero-order valence-corrected chi connectivity index (χ0v) is 19.4. The molecule has 0 bridgehead atoms. The molecule has 0 aliphatic rings. The highest BCUT2D eigenvalue weighted by molar-refractivity contribution is 7.98. The van der Waals surface area contributed by atoms with Crippen molar-refractivity contribution in [3.8, 4) is 0 Å². The van der Waals surface area contributed by atoms with Crippen molar-refractivity contribution in [2.75, 3.05) is 18.2 Å². The quantitative estimate of drug-likeness (QED) is 0.411. The maximum atomic E-state index is 13.5. The molecule has 4 rings (SSSR count). The molecule has 8 heteroatoms. The van der Waals surface area contributed by atoms with Crippen LogP contribution in [-0.2, 0) is 0 Å². The Balaban J connectivity index is 1.82. The Hall–Kier alpha value is -4.17. The van der Waals surface area contributed by atoms with Crippen molar-refractivity contribution in [3.05, 3.63) is 118 Å². The lowest BCUT2D eigenvalue weighted by Crippen LogP contribution is -2.36. The molecule has 0 N–H and O–H groups in total. The highest BCUT2D eigenvalue weighted by Gasteiger charge is 2.28. The molecular weight excluding hydrogens is 450 g/mol. The van der Waals surface area contributed by atoms with Crippen LogP contribution in [0.5, 0.6) is 0 Å². The molecule has 0 spiro atoms. The summed E-state index contributed by atoms with van der Waals surface area (Å²) in [6, 6.07) is 23.6. The van der Waals surface area contributed by atoms with E-state index in [0.717, 1.165) is 20.2 Å². The highest BCUT2D eigenvalue weighted by atomic mass is 32.2. The van der Waals surface area contributed by atoms with Crippen molar-refractivity contribution in [2.24, 2.45) is 0 Å². The predicted octanol–water partition coefficient (Wildman–Crippen LogP) is 4.03. The van der Waals surface area contributed by atoms with Crippen molar-refractivity contribution in [1.82, 2.24) is 9.13 Å². The lowest BCUT2D eigenvalue weighted by molar-refractivity contribution is 0.0914. The van der Waals surface area contributed by atoms with Gasteiger partial charge in [-0.05, 0) is 54.8 Å². The monoisotopic (exact) mass is 471 g/mol. The van der Waals surface area contributed by atoms with E-state index in [4.69, 9.17) is 0 Å². The minimum Gasteiger partial charge on any atom is -0.310 e. The van der Waals surface area contributed by atoms with Gasteiger partial charge in [-0.3, -0.25) is 14.4 Å². The summed E-state index contributed by atoms with van der Waals surface area (Å²) in [5, 5.41) is 0. The van der Waals surface area contributed by atoms with Gasteiger partial charge in [0.2, 0.25) is 0 Å². The molecule has 0 aliphatic carbocycles. The van der Waals surface area contributed by atoms with Gasteiger partial charge in [-0.1, -0.05) is 36.4 Å². The van der Waals surface area contributed by atoms with Gasteiger partial charge < -0.3 is 4.90 Å². The number of carbonyl (C=O) groups is 3. The number of benzene rings is 3. The zero-order chi connectivity index (χ0) is 24.2. The molecule has 0 saturated carbocycles. The Kier molecular flexibility index (Phi) is 6.60. The molecule has 0 aliphatic heterocycles. The van der Waals surface area contributed by atoms with Crippen molar-refractivity contribution in [3.63, 3.8) is 0 Å². The standard InChI is InChI=1S/C26H21N3O4S/c1-27(20-13-15-21(34-2)16-14-20)25(32)22-17-28(23(30)18-9-5-3-6-10-18)26(33)29(22)24(31)19-11-7-4-8-12-19/h3-17H,1-2H3. The van der Waals surface area contributed by atoms with Crippen LogP contribution >= 0.6 is 11.8 Å². The molecule has 0 unspecified atom stereocenters. The Bertz CT molecular complexity index is 1410. The lowest BCUT2D eigenvalue weighted by atomic mass is 10.2. The first-order chi connectivity index (χ1) is 16.4. The second kappa shape index (κ2) is 9.76. The van der Waals surface area contributed by atoms with Gasteiger partial charge in [0, 0.05) is 35.0 Å². The molecule has 34 heavy (non-hydrogen) atoms. The van der Waals surface area contributed by atoms with Crippen molar-refractivity contribution in [1.29, 1.82) is 0 Å². The average Bonchev–Trinajstić information content (AvgIpc) is 3.24. The van der Waals surface area contributed by atoms with E-state index in [1.54, 1.807) is 91.6 Å². The number of rotatable bonds is 5. The third kappa shape index (κ3) is 4.35. The van der Waals surface area contributed by atoms with Gasteiger partial charge >= 0.3 is 5.69 Å². The van der Waals surface area contributed by atoms with Gasteiger partial charge in [0.1, 0.15) is 5.69 Å². The first-order valence-electron chi connectivity index (χ1n) is 10.4. The number of carbonyl (C=O) groups excluding carboxylic acids is 3. The molecule has 1 aromatic heterocycles. The Labute approximate surface area is 200 Å². The van der Waals surface area contributed by atoms with Crippen LogP contribution in [0.1, 0.15) is 31.2 Å². The summed E-state index contributed by atoms with van der Waals surface area (Å²) >= 11 is 1.57. The fourth-order valence-electron chi connectivity index (χ4n) is 3.46. The van der Waals surface area contributed by atoms with E-state index in [-0.39, 0.29) is 16.8 Å². The van der Waals surface area contributed by atoms with Crippen LogP contribution in [-0.4, -0.2) is 40.2 Å². The number of hydrogen-bond donors (Lipinski definition) is 0. The minimum atomic E-state index is -0.905. The highest BCUT2D eigenvalue weighted by Crippen LogP contribution is 2.21. The summed E-state index contributed by atoms with van der Waals surface area (Å²) in [6.45, 7) is 0. The number of imidazole rings is 1. The van der Waals surface area contributed by atoms with Crippen LogP contribution < -0.4 is 10.6 Å². The van der Waals surface area contributed by atoms with Crippen LogP contribution in [0.25, 0.3) is 0 Å². The molecule has 1 heterocycles. The number of thioether (sulfide) groups is 1. The van der Waals surface area contributed by atoms with E-state index in [0.29, 0.717) is 5.69 Å². The Morgan fingerprint density at radius 2 is 1.29 bits per heavy atom. The first-order valence-corrected chi connectivity index (χ1v) is 11.6. The normalized spacial score (nSPS) is 10.6. The number of aromatic nitrogens is 2. The second-order valence-corrected chi connectivity index (χ2v) is 8.29. The van der Waals surface area contributed by atoms with E-state index in [1.807, 2.05) is 18.4 Å². The number of nitrogens with zero attached hydrogens (tertiary/aromatic N) is 3. The third-order valence-corrected chi connectivity index (χ3v) is 6.08. The summed E-state index contributed by atoms with van der Waals surface area (Å²) in [6.07, 6.45) is 3.08. The Morgan fingerprint density at radius 3 is 1.82 bits per heavy atom. The predicted molar refractivity (Wildman–Crippen MR) is 132 cm³/mol. The Morgan fingerprint density at radius 1 is 0.765 bits per heavy atom. The number of amides is 1. The van der Waals surface area contributed by atoms with Gasteiger partial charge in [0.05, 0.1) is 0 Å². The van der Waals surface area contributed by atoms with Gasteiger partial charge in [0.15, 0.2) is 0 Å². The molecule has 1 amide bonds. The van der Waals surface area contributed by atoms with Crippen molar-refractivity contribution >= 4 is 35.2 Å².